The van der Waals surface area contributed by atoms with Crippen LogP contribution in [0.2, 0.25) is 0 Å². The van der Waals surface area contributed by atoms with Gasteiger partial charge in [0.2, 0.25) is 0 Å². The Hall–Kier alpha value is -2.80. The number of benzene rings is 1. The second-order valence-electron chi connectivity index (χ2n) is 5.51. The van der Waals surface area contributed by atoms with Crippen LogP contribution in [0.15, 0.2) is 46.4 Å². The topological polar surface area (TPSA) is 73.6 Å². The molecule has 2 heterocycles. The number of thiazole rings is 1. The van der Waals surface area contributed by atoms with Gasteiger partial charge in [-0.25, -0.2) is 4.98 Å². The van der Waals surface area contributed by atoms with Crippen molar-refractivity contribution in [2.45, 2.75) is 19.9 Å². The van der Waals surface area contributed by atoms with Crippen molar-refractivity contribution in [3.05, 3.63) is 53.4 Å². The van der Waals surface area contributed by atoms with Gasteiger partial charge in [-0.05, 0) is 36.8 Å². The fourth-order valence-corrected chi connectivity index (χ4v) is 3.11. The number of aromatic nitrogens is 1. The van der Waals surface area contributed by atoms with E-state index >= 15 is 0 Å². The minimum Gasteiger partial charge on any atom is -0.493 e. The molecule has 0 aliphatic rings. The number of hydrogen-bond donors (Lipinski definition) is 1. The van der Waals surface area contributed by atoms with Crippen molar-refractivity contribution < 1.29 is 18.7 Å². The van der Waals surface area contributed by atoms with Gasteiger partial charge in [0.1, 0.15) is 16.5 Å². The lowest BCUT2D eigenvalue weighted by Crippen LogP contribution is -2.22. The van der Waals surface area contributed by atoms with Crippen LogP contribution < -0.4 is 14.8 Å². The molecule has 0 aliphatic carbocycles. The van der Waals surface area contributed by atoms with Crippen molar-refractivity contribution in [2.75, 3.05) is 13.7 Å². The molecule has 6 nitrogen and oxygen atoms in total. The van der Waals surface area contributed by atoms with E-state index in [0.29, 0.717) is 36.1 Å². The summed E-state index contributed by atoms with van der Waals surface area (Å²) in [6.45, 7) is 3.01. The molecule has 3 aromatic rings. The Morgan fingerprint density at radius 2 is 2.19 bits per heavy atom. The Labute approximate surface area is 155 Å². The SMILES string of the molecule is CCCOc1ccc(-c2nc(C(=O)NCc3ccco3)cs2)cc1OC. The smallest absolute Gasteiger partial charge is 0.271 e. The van der Waals surface area contributed by atoms with Gasteiger partial charge in [0.25, 0.3) is 5.91 Å². The van der Waals surface area contributed by atoms with Crippen molar-refractivity contribution in [1.82, 2.24) is 10.3 Å². The van der Waals surface area contributed by atoms with Crippen LogP contribution in [0.25, 0.3) is 10.6 Å². The summed E-state index contributed by atoms with van der Waals surface area (Å²) in [7, 11) is 1.60. The lowest BCUT2D eigenvalue weighted by Gasteiger charge is -2.10. The molecule has 0 bridgehead atoms. The predicted molar refractivity (Wildman–Crippen MR) is 99.8 cm³/mol. The van der Waals surface area contributed by atoms with Gasteiger partial charge in [-0.2, -0.15) is 0 Å². The van der Waals surface area contributed by atoms with Crippen LogP contribution in [-0.4, -0.2) is 24.6 Å². The molecule has 7 heteroatoms. The maximum Gasteiger partial charge on any atom is 0.271 e. The number of furan rings is 1. The van der Waals surface area contributed by atoms with E-state index in [-0.39, 0.29) is 5.91 Å². The van der Waals surface area contributed by atoms with E-state index in [9.17, 15) is 4.79 Å². The summed E-state index contributed by atoms with van der Waals surface area (Å²) < 4.78 is 16.3. The molecule has 1 aromatic carbocycles. The molecule has 0 radical (unpaired) electrons. The maximum absolute atomic E-state index is 12.2. The second kappa shape index (κ2) is 8.53. The van der Waals surface area contributed by atoms with Crippen LogP contribution in [0.1, 0.15) is 29.6 Å². The maximum atomic E-state index is 12.2. The Kier molecular flexibility index (Phi) is 5.91. The van der Waals surface area contributed by atoms with E-state index in [1.165, 1.54) is 11.3 Å². The summed E-state index contributed by atoms with van der Waals surface area (Å²) in [6, 6.07) is 9.23. The number of rotatable bonds is 8. The van der Waals surface area contributed by atoms with Crippen molar-refractivity contribution >= 4 is 17.2 Å². The van der Waals surface area contributed by atoms with E-state index in [1.54, 1.807) is 30.9 Å². The Morgan fingerprint density at radius 1 is 1.31 bits per heavy atom. The van der Waals surface area contributed by atoms with Gasteiger partial charge in [-0.1, -0.05) is 6.92 Å². The van der Waals surface area contributed by atoms with Crippen LogP contribution in [0.3, 0.4) is 0 Å². The summed E-state index contributed by atoms with van der Waals surface area (Å²) in [5.41, 5.74) is 1.25. The minimum absolute atomic E-state index is 0.237. The largest absolute Gasteiger partial charge is 0.493 e. The lowest BCUT2D eigenvalue weighted by molar-refractivity contribution is 0.0944. The van der Waals surface area contributed by atoms with Crippen molar-refractivity contribution in [2.24, 2.45) is 0 Å². The molecule has 1 N–H and O–H groups in total. The number of ether oxygens (including phenoxy) is 2. The average Bonchev–Trinajstić information content (AvgIpc) is 3.36. The molecule has 0 spiro atoms. The van der Waals surface area contributed by atoms with Gasteiger partial charge < -0.3 is 19.2 Å². The Balaban J connectivity index is 1.71. The molecular formula is C19H20N2O4S. The first-order chi connectivity index (χ1) is 12.7. The highest BCUT2D eigenvalue weighted by atomic mass is 32.1. The molecular weight excluding hydrogens is 352 g/mol. The van der Waals surface area contributed by atoms with E-state index < -0.39 is 0 Å². The Bertz CT molecular complexity index is 858. The molecule has 136 valence electrons. The van der Waals surface area contributed by atoms with Crippen LogP contribution >= 0.6 is 11.3 Å². The van der Waals surface area contributed by atoms with Crippen molar-refractivity contribution in [1.29, 1.82) is 0 Å². The summed E-state index contributed by atoms with van der Waals surface area (Å²) in [4.78, 5) is 16.7. The molecule has 2 aromatic heterocycles. The molecule has 0 saturated carbocycles. The molecule has 0 fully saturated rings. The standard InChI is InChI=1S/C19H20N2O4S/c1-3-8-25-16-7-6-13(10-17(16)23-2)19-21-15(12-26-19)18(22)20-11-14-5-4-9-24-14/h4-7,9-10,12H,3,8,11H2,1-2H3,(H,20,22). The zero-order valence-electron chi connectivity index (χ0n) is 14.7. The van der Waals surface area contributed by atoms with Gasteiger partial charge in [0.05, 0.1) is 26.5 Å². The third-order valence-electron chi connectivity index (χ3n) is 3.61. The van der Waals surface area contributed by atoms with Crippen LogP contribution in [-0.2, 0) is 6.54 Å². The van der Waals surface area contributed by atoms with Gasteiger partial charge >= 0.3 is 0 Å². The highest BCUT2D eigenvalue weighted by molar-refractivity contribution is 7.13. The van der Waals surface area contributed by atoms with E-state index in [0.717, 1.165) is 17.0 Å². The molecule has 3 rings (SSSR count). The molecule has 0 atom stereocenters. The molecule has 0 unspecified atom stereocenters. The van der Waals surface area contributed by atoms with Crippen molar-refractivity contribution in [3.63, 3.8) is 0 Å². The fraction of sp³-hybridized carbons (Fsp3) is 0.263. The zero-order valence-corrected chi connectivity index (χ0v) is 15.5. The van der Waals surface area contributed by atoms with E-state index in [1.807, 2.05) is 18.2 Å². The quantitative estimate of drug-likeness (QED) is 0.643. The number of hydrogen-bond acceptors (Lipinski definition) is 6. The van der Waals surface area contributed by atoms with Gasteiger partial charge in [0.15, 0.2) is 11.5 Å². The normalized spacial score (nSPS) is 10.5. The molecule has 26 heavy (non-hydrogen) atoms. The third-order valence-corrected chi connectivity index (χ3v) is 4.50. The van der Waals surface area contributed by atoms with E-state index in [2.05, 4.69) is 17.2 Å². The molecule has 0 aliphatic heterocycles. The predicted octanol–water partition coefficient (Wildman–Crippen LogP) is 4.13. The highest BCUT2D eigenvalue weighted by Gasteiger charge is 2.14. The van der Waals surface area contributed by atoms with E-state index in [4.69, 9.17) is 13.9 Å². The summed E-state index contributed by atoms with van der Waals surface area (Å²) in [6.07, 6.45) is 2.50. The highest BCUT2D eigenvalue weighted by Crippen LogP contribution is 2.33. The monoisotopic (exact) mass is 372 g/mol. The molecule has 1 amide bonds. The van der Waals surface area contributed by atoms with Crippen LogP contribution in [0, 0.1) is 0 Å². The van der Waals surface area contributed by atoms with Gasteiger partial charge in [0, 0.05) is 10.9 Å². The first-order valence-electron chi connectivity index (χ1n) is 8.28. The van der Waals surface area contributed by atoms with Gasteiger partial charge in [-0.3, -0.25) is 4.79 Å². The number of carbonyl (C=O) groups excluding carboxylic acids is 1. The number of nitrogens with zero attached hydrogens (tertiary/aromatic N) is 1. The lowest BCUT2D eigenvalue weighted by atomic mass is 10.2. The summed E-state index contributed by atoms with van der Waals surface area (Å²) >= 11 is 1.41. The number of methoxy groups -OCH3 is 1. The van der Waals surface area contributed by atoms with Gasteiger partial charge in [-0.15, -0.1) is 11.3 Å². The van der Waals surface area contributed by atoms with Crippen LogP contribution in [0.5, 0.6) is 11.5 Å². The fourth-order valence-electron chi connectivity index (χ4n) is 2.31. The zero-order chi connectivity index (χ0) is 18.4. The average molecular weight is 372 g/mol. The number of carbonyl (C=O) groups is 1. The number of nitrogens with one attached hydrogen (secondary N) is 1. The summed E-state index contributed by atoms with van der Waals surface area (Å²) in [5, 5.41) is 5.27. The van der Waals surface area contributed by atoms with Crippen molar-refractivity contribution in [3.8, 4) is 22.1 Å². The third kappa shape index (κ3) is 4.23. The Morgan fingerprint density at radius 3 is 2.92 bits per heavy atom. The first-order valence-corrected chi connectivity index (χ1v) is 9.16. The first kappa shape index (κ1) is 18.0. The molecule has 0 saturated heterocycles. The summed E-state index contributed by atoms with van der Waals surface area (Å²) in [5.74, 6) is 1.81. The number of amides is 1. The second-order valence-corrected chi connectivity index (χ2v) is 6.37. The minimum atomic E-state index is -0.237. The van der Waals surface area contributed by atoms with Crippen LogP contribution in [0.4, 0.5) is 0 Å².